The van der Waals surface area contributed by atoms with Crippen LogP contribution in [0.3, 0.4) is 0 Å². The summed E-state index contributed by atoms with van der Waals surface area (Å²) in [5.74, 6) is -0.336. The molecule has 0 bridgehead atoms. The lowest BCUT2D eigenvalue weighted by atomic mass is 10.1. The van der Waals surface area contributed by atoms with E-state index in [1.54, 1.807) is 30.3 Å². The molecular formula is C17H20O4S. The van der Waals surface area contributed by atoms with Gasteiger partial charge >= 0.3 is 0 Å². The number of aryl methyl sites for hydroxylation is 3. The van der Waals surface area contributed by atoms with E-state index in [2.05, 4.69) is 0 Å². The number of carbonyl (C=O) groups is 1. The zero-order chi connectivity index (χ0) is 16.7. The van der Waals surface area contributed by atoms with Crippen LogP contribution in [-0.2, 0) is 10.7 Å². The molecule has 0 unspecified atom stereocenters. The van der Waals surface area contributed by atoms with Gasteiger partial charge in [-0.2, -0.15) is 0 Å². The molecule has 0 aromatic heterocycles. The lowest BCUT2D eigenvalue weighted by Crippen LogP contribution is -2.05. The van der Waals surface area contributed by atoms with Crippen LogP contribution in [0.25, 0.3) is 0 Å². The quantitative estimate of drug-likeness (QED) is 0.674. The monoisotopic (exact) mass is 320 g/mol. The maximum absolute atomic E-state index is 11.1. The first-order chi connectivity index (χ1) is 10.3. The number of ketones is 1. The average Bonchev–Trinajstić information content (AvgIpc) is 2.45. The minimum atomic E-state index is -2.61. The van der Waals surface area contributed by atoms with E-state index in [4.69, 9.17) is 0 Å². The Morgan fingerprint density at radius 1 is 1.00 bits per heavy atom. The van der Waals surface area contributed by atoms with Crippen LogP contribution in [0.2, 0.25) is 0 Å². The summed E-state index contributed by atoms with van der Waals surface area (Å²) < 4.78 is 20.4. The van der Waals surface area contributed by atoms with E-state index >= 15 is 0 Å². The van der Waals surface area contributed by atoms with Crippen molar-refractivity contribution < 1.29 is 18.3 Å². The molecule has 1 N–H and O–H groups in total. The molecule has 22 heavy (non-hydrogen) atoms. The zero-order valence-electron chi connectivity index (χ0n) is 12.9. The van der Waals surface area contributed by atoms with Crippen LogP contribution in [0.5, 0.6) is 5.75 Å². The number of hydrogen-bond donors (Lipinski definition) is 2. The molecule has 0 aliphatic heterocycles. The van der Waals surface area contributed by atoms with E-state index in [0.717, 1.165) is 11.1 Å². The van der Waals surface area contributed by atoms with Crippen molar-refractivity contribution in [2.45, 2.75) is 20.8 Å². The topological polar surface area (TPSA) is 71.4 Å². The minimum Gasteiger partial charge on any atom is -0.507 e. The summed E-state index contributed by atoms with van der Waals surface area (Å²) in [5.41, 5.74) is 3.56. The van der Waals surface area contributed by atoms with E-state index in [1.807, 2.05) is 32.9 Å². The molecule has 0 aliphatic carbocycles. The fourth-order valence-corrected chi connectivity index (χ4v) is 2.42. The Hall–Kier alpha value is -2.14. The highest BCUT2D eigenvalue weighted by atomic mass is 32.2. The third-order valence-electron chi connectivity index (χ3n) is 3.00. The van der Waals surface area contributed by atoms with Crippen molar-refractivity contribution in [3.8, 4) is 5.75 Å². The molecule has 0 saturated carbocycles. The highest BCUT2D eigenvalue weighted by Gasteiger charge is 2.04. The fraction of sp³-hybridized carbons (Fsp3) is 0.235. The molecule has 0 spiro atoms. The normalized spacial score (nSPS) is 10.0. The summed E-state index contributed by atoms with van der Waals surface area (Å²) in [6.07, 6.45) is 0. The van der Waals surface area contributed by atoms with Crippen LogP contribution in [0, 0.1) is 20.8 Å². The summed E-state index contributed by atoms with van der Waals surface area (Å²) in [4.78, 5) is 11.1. The Balaban J connectivity index is 0.000000224. The van der Waals surface area contributed by atoms with Gasteiger partial charge in [-0.05, 0) is 31.9 Å². The van der Waals surface area contributed by atoms with Crippen molar-refractivity contribution in [1.82, 2.24) is 0 Å². The van der Waals surface area contributed by atoms with Gasteiger partial charge in [-0.15, -0.1) is 0 Å². The average molecular weight is 320 g/mol. The molecule has 0 aliphatic rings. The van der Waals surface area contributed by atoms with Crippen molar-refractivity contribution >= 4 is 16.5 Å². The van der Waals surface area contributed by atoms with Gasteiger partial charge in [0, 0.05) is 5.56 Å². The lowest BCUT2D eigenvalue weighted by Gasteiger charge is -2.03. The van der Waals surface area contributed by atoms with Gasteiger partial charge in [0.05, 0.1) is 0 Å². The van der Waals surface area contributed by atoms with Crippen LogP contribution in [0.1, 0.15) is 27.0 Å². The van der Waals surface area contributed by atoms with Crippen LogP contribution >= 0.6 is 0 Å². The number of Topliss-reactive ketones (excluding diaryl/α,β-unsaturated/α-hetero) is 1. The molecule has 2 aromatic rings. The van der Waals surface area contributed by atoms with Crippen LogP contribution in [0.4, 0.5) is 0 Å². The first kappa shape index (κ1) is 17.9. The third kappa shape index (κ3) is 5.69. The van der Waals surface area contributed by atoms with Crippen LogP contribution < -0.4 is 0 Å². The molecular weight excluding hydrogens is 300 g/mol. The van der Waals surface area contributed by atoms with Crippen LogP contribution in [-0.4, -0.2) is 25.1 Å². The van der Waals surface area contributed by atoms with Crippen molar-refractivity contribution in [2.75, 3.05) is 5.75 Å². The molecule has 0 radical (unpaired) electrons. The highest BCUT2D eigenvalue weighted by molar-refractivity contribution is 7.73. The number of hydrogen-bond acceptors (Lipinski definition) is 4. The molecule has 0 fully saturated rings. The van der Waals surface area contributed by atoms with E-state index in [1.165, 1.54) is 5.56 Å². The summed E-state index contributed by atoms with van der Waals surface area (Å²) in [5, 5.41) is 9.33. The largest absolute Gasteiger partial charge is 0.507 e. The number of thiol groups is 1. The zero-order valence-corrected chi connectivity index (χ0v) is 13.8. The SMILES string of the molecule is Cc1cc(C)c(O)c(C)c1.O=C(C[SH](=O)=O)c1ccccc1. The molecule has 5 heteroatoms. The number of benzene rings is 2. The van der Waals surface area contributed by atoms with Crippen molar-refractivity contribution in [1.29, 1.82) is 0 Å². The van der Waals surface area contributed by atoms with Crippen molar-refractivity contribution in [2.24, 2.45) is 0 Å². The number of phenols is 1. The summed E-state index contributed by atoms with van der Waals surface area (Å²) in [6, 6.07) is 12.3. The molecule has 2 aromatic carbocycles. The van der Waals surface area contributed by atoms with Crippen molar-refractivity contribution in [3.05, 3.63) is 64.7 Å². The van der Waals surface area contributed by atoms with Crippen molar-refractivity contribution in [3.63, 3.8) is 0 Å². The number of rotatable bonds is 3. The van der Waals surface area contributed by atoms with E-state index in [0.29, 0.717) is 11.3 Å². The lowest BCUT2D eigenvalue weighted by molar-refractivity contribution is 0.102. The molecule has 0 heterocycles. The summed E-state index contributed by atoms with van der Waals surface area (Å²) >= 11 is 0. The molecule has 2 rings (SSSR count). The number of carbonyl (C=O) groups excluding carboxylic acids is 1. The molecule has 0 amide bonds. The fourth-order valence-electron chi connectivity index (χ4n) is 2.00. The van der Waals surface area contributed by atoms with Gasteiger partial charge in [0.25, 0.3) is 0 Å². The first-order valence-electron chi connectivity index (χ1n) is 6.78. The van der Waals surface area contributed by atoms with E-state index in [9.17, 15) is 18.3 Å². The van der Waals surface area contributed by atoms with E-state index in [-0.39, 0.29) is 5.78 Å². The van der Waals surface area contributed by atoms with Crippen LogP contribution in [0.15, 0.2) is 42.5 Å². The Bertz CT molecular complexity index is 688. The van der Waals surface area contributed by atoms with Gasteiger partial charge in [0.1, 0.15) is 22.2 Å². The third-order valence-corrected chi connectivity index (χ3v) is 3.55. The summed E-state index contributed by atoms with van der Waals surface area (Å²) in [6.45, 7) is 5.85. The molecule has 118 valence electrons. The second-order valence-electron chi connectivity index (χ2n) is 5.03. The van der Waals surface area contributed by atoms with Gasteiger partial charge < -0.3 is 5.11 Å². The van der Waals surface area contributed by atoms with Gasteiger partial charge in [0.2, 0.25) is 0 Å². The number of aromatic hydroxyl groups is 1. The minimum absolute atomic E-state index is 0.355. The predicted octanol–water partition coefficient (Wildman–Crippen LogP) is 2.80. The first-order valence-corrected chi connectivity index (χ1v) is 8.14. The predicted molar refractivity (Wildman–Crippen MR) is 88.3 cm³/mol. The van der Waals surface area contributed by atoms with Gasteiger partial charge in [-0.25, -0.2) is 8.42 Å². The Morgan fingerprint density at radius 3 is 1.95 bits per heavy atom. The number of phenolic OH excluding ortho intramolecular Hbond substituents is 1. The summed E-state index contributed by atoms with van der Waals surface area (Å²) in [7, 11) is -2.61. The Morgan fingerprint density at radius 2 is 1.50 bits per heavy atom. The molecule has 0 saturated heterocycles. The maximum atomic E-state index is 11.1. The Kier molecular flexibility index (Phi) is 6.79. The second kappa shape index (κ2) is 8.34. The van der Waals surface area contributed by atoms with Gasteiger partial charge in [0.15, 0.2) is 5.78 Å². The second-order valence-corrected chi connectivity index (χ2v) is 6.01. The van der Waals surface area contributed by atoms with E-state index < -0.39 is 16.5 Å². The van der Waals surface area contributed by atoms with Gasteiger partial charge in [-0.1, -0.05) is 48.0 Å². The Labute approximate surface area is 132 Å². The standard InChI is InChI=1S/C9H12O.C8H8O3S/c1-6-4-7(2)9(10)8(3)5-6;9-8(6-12(10)11)7-4-2-1-3-5-7/h4-5,10H,1-3H3;1-5,12H,6H2. The highest BCUT2D eigenvalue weighted by Crippen LogP contribution is 2.21. The molecule has 0 atom stereocenters. The smallest absolute Gasteiger partial charge is 0.177 e. The maximum Gasteiger partial charge on any atom is 0.177 e. The molecule has 4 nitrogen and oxygen atoms in total. The van der Waals surface area contributed by atoms with Gasteiger partial charge in [-0.3, -0.25) is 4.79 Å².